The van der Waals surface area contributed by atoms with E-state index < -0.39 is 48.3 Å². The number of anilines is 1. The number of fused-ring (bicyclic) bond motifs is 1. The molecule has 3 aromatic rings. The van der Waals surface area contributed by atoms with Crippen molar-refractivity contribution in [2.75, 3.05) is 25.0 Å². The summed E-state index contributed by atoms with van der Waals surface area (Å²) in [6.07, 6.45) is 6.35. The number of benzene rings is 1. The number of allylic oxidation sites excluding steroid dienone is 1. The Hall–Kier alpha value is -4.78. The number of aromatic nitrogens is 2. The highest BCUT2D eigenvalue weighted by molar-refractivity contribution is 5.98. The Morgan fingerprint density at radius 1 is 1.06 bits per heavy atom. The van der Waals surface area contributed by atoms with E-state index in [2.05, 4.69) is 37.3 Å². The molecule has 11 nitrogen and oxygen atoms in total. The molecule has 246 valence electrons. The van der Waals surface area contributed by atoms with E-state index in [-0.39, 0.29) is 30.6 Å². The molecule has 13 heteroatoms. The molecular weight excluding hydrogens is 608 g/mol. The summed E-state index contributed by atoms with van der Waals surface area (Å²) in [6.45, 7) is 1.77. The first-order valence-corrected chi connectivity index (χ1v) is 16.0. The van der Waals surface area contributed by atoms with E-state index in [1.54, 1.807) is 19.1 Å². The monoisotopic (exact) mass is 645 g/mol. The molecule has 6 rings (SSSR count). The zero-order chi connectivity index (χ0) is 33.1. The fourth-order valence-electron chi connectivity index (χ4n) is 5.95. The Bertz CT molecular complexity index is 1720. The predicted molar refractivity (Wildman–Crippen MR) is 171 cm³/mol. The lowest BCUT2D eigenvalue weighted by Gasteiger charge is -2.26. The maximum atomic E-state index is 14.6. The van der Waals surface area contributed by atoms with Crippen molar-refractivity contribution in [2.45, 2.75) is 63.3 Å². The van der Waals surface area contributed by atoms with Gasteiger partial charge in [0.05, 0.1) is 36.4 Å². The van der Waals surface area contributed by atoms with Gasteiger partial charge in [-0.25, -0.2) is 18.7 Å². The number of hydrogen-bond acceptors (Lipinski definition) is 7. The number of hydrogen-bond donors (Lipinski definition) is 4. The number of halogens is 2. The van der Waals surface area contributed by atoms with Gasteiger partial charge in [-0.15, -0.1) is 0 Å². The van der Waals surface area contributed by atoms with Gasteiger partial charge in [-0.05, 0) is 87.0 Å². The minimum absolute atomic E-state index is 0.0294. The number of carbonyl (C=O) groups excluding carboxylic acids is 4. The summed E-state index contributed by atoms with van der Waals surface area (Å²) in [4.78, 5) is 62.1. The molecule has 3 aliphatic rings. The second-order valence-corrected chi connectivity index (χ2v) is 12.3. The molecule has 4 heterocycles. The molecule has 1 saturated carbocycles. The lowest BCUT2D eigenvalue weighted by atomic mass is 10.1. The van der Waals surface area contributed by atoms with Gasteiger partial charge in [0.15, 0.2) is 0 Å². The SMILES string of the molecule is C[C@@H](NC(=O)C1C[C@@H](F)CN1C(=O)CNC(=O)c1ccc2cc(F)ccc2n1)c1nc(NC(=O)[C@H]2CCCN2)ccc1/C=C/C1CC1. The number of likely N-dealkylation sites (tertiary alicyclic amines) is 1. The van der Waals surface area contributed by atoms with Gasteiger partial charge in [0.1, 0.15) is 29.5 Å². The van der Waals surface area contributed by atoms with Crippen LogP contribution in [0.1, 0.15) is 66.8 Å². The van der Waals surface area contributed by atoms with Gasteiger partial charge in [-0.2, -0.15) is 0 Å². The molecule has 1 aromatic carbocycles. The van der Waals surface area contributed by atoms with Crippen molar-refractivity contribution in [1.82, 2.24) is 30.8 Å². The zero-order valence-corrected chi connectivity index (χ0v) is 26.0. The lowest BCUT2D eigenvalue weighted by molar-refractivity contribution is -0.138. The van der Waals surface area contributed by atoms with E-state index in [1.807, 2.05) is 12.1 Å². The molecule has 4 amide bonds. The molecule has 1 aliphatic carbocycles. The smallest absolute Gasteiger partial charge is 0.270 e. The van der Waals surface area contributed by atoms with Crippen LogP contribution in [-0.2, 0) is 14.4 Å². The Morgan fingerprint density at radius 2 is 1.89 bits per heavy atom. The Kier molecular flexibility index (Phi) is 9.53. The molecule has 0 spiro atoms. The van der Waals surface area contributed by atoms with Gasteiger partial charge < -0.3 is 26.2 Å². The molecule has 3 fully saturated rings. The first kappa shape index (κ1) is 32.2. The van der Waals surface area contributed by atoms with Crippen molar-refractivity contribution >= 4 is 46.4 Å². The lowest BCUT2D eigenvalue weighted by Crippen LogP contribution is -2.49. The Labute approximate surface area is 270 Å². The van der Waals surface area contributed by atoms with E-state index in [0.29, 0.717) is 28.3 Å². The Balaban J connectivity index is 1.11. The molecule has 47 heavy (non-hydrogen) atoms. The van der Waals surface area contributed by atoms with E-state index >= 15 is 0 Å². The van der Waals surface area contributed by atoms with Crippen LogP contribution in [-0.4, -0.2) is 76.4 Å². The molecule has 1 unspecified atom stereocenters. The van der Waals surface area contributed by atoms with Gasteiger partial charge in [0, 0.05) is 11.8 Å². The summed E-state index contributed by atoms with van der Waals surface area (Å²) < 4.78 is 28.1. The molecule has 2 aromatic heterocycles. The quantitative estimate of drug-likeness (QED) is 0.264. The van der Waals surface area contributed by atoms with Crippen LogP contribution in [0.4, 0.5) is 14.6 Å². The van der Waals surface area contributed by atoms with E-state index in [1.165, 1.54) is 24.3 Å². The van der Waals surface area contributed by atoms with Crippen molar-refractivity contribution in [3.05, 3.63) is 71.3 Å². The van der Waals surface area contributed by atoms with Crippen LogP contribution in [0, 0.1) is 11.7 Å². The molecule has 0 radical (unpaired) electrons. The van der Waals surface area contributed by atoms with Gasteiger partial charge in [-0.3, -0.25) is 19.2 Å². The fourth-order valence-corrected chi connectivity index (χ4v) is 5.95. The molecule has 0 bridgehead atoms. The summed E-state index contributed by atoms with van der Waals surface area (Å²) in [7, 11) is 0. The van der Waals surface area contributed by atoms with Gasteiger partial charge in [0.25, 0.3) is 5.91 Å². The van der Waals surface area contributed by atoms with Crippen LogP contribution in [0.3, 0.4) is 0 Å². The number of nitrogens with one attached hydrogen (secondary N) is 4. The van der Waals surface area contributed by atoms with Crippen LogP contribution in [0.5, 0.6) is 0 Å². The zero-order valence-electron chi connectivity index (χ0n) is 26.0. The summed E-state index contributed by atoms with van der Waals surface area (Å²) in [6, 6.07) is 8.51. The van der Waals surface area contributed by atoms with Crippen LogP contribution >= 0.6 is 0 Å². The molecule has 4 N–H and O–H groups in total. The maximum Gasteiger partial charge on any atom is 0.270 e. The highest BCUT2D eigenvalue weighted by Gasteiger charge is 2.40. The topological polar surface area (TPSA) is 145 Å². The minimum Gasteiger partial charge on any atom is -0.346 e. The van der Waals surface area contributed by atoms with Crippen molar-refractivity contribution in [2.24, 2.45) is 5.92 Å². The Morgan fingerprint density at radius 3 is 2.66 bits per heavy atom. The van der Waals surface area contributed by atoms with Crippen molar-refractivity contribution in [1.29, 1.82) is 0 Å². The van der Waals surface area contributed by atoms with E-state index in [4.69, 9.17) is 0 Å². The number of amides is 4. The van der Waals surface area contributed by atoms with Crippen molar-refractivity contribution in [3.63, 3.8) is 0 Å². The van der Waals surface area contributed by atoms with E-state index in [9.17, 15) is 28.0 Å². The average molecular weight is 646 g/mol. The number of alkyl halides is 1. The number of nitrogens with zero attached hydrogens (tertiary/aromatic N) is 3. The predicted octanol–water partition coefficient (Wildman–Crippen LogP) is 3.43. The van der Waals surface area contributed by atoms with E-state index in [0.717, 1.165) is 42.7 Å². The van der Waals surface area contributed by atoms with Gasteiger partial charge in [0.2, 0.25) is 17.7 Å². The van der Waals surface area contributed by atoms with Crippen LogP contribution in [0.2, 0.25) is 0 Å². The highest BCUT2D eigenvalue weighted by atomic mass is 19.1. The summed E-state index contributed by atoms with van der Waals surface area (Å²) in [5.41, 5.74) is 1.75. The number of carbonyl (C=O) groups is 4. The minimum atomic E-state index is -1.42. The van der Waals surface area contributed by atoms with Gasteiger partial charge >= 0.3 is 0 Å². The number of pyridine rings is 2. The third-order valence-corrected chi connectivity index (χ3v) is 8.68. The van der Waals surface area contributed by atoms with Crippen LogP contribution < -0.4 is 21.3 Å². The second-order valence-electron chi connectivity index (χ2n) is 12.3. The third kappa shape index (κ3) is 7.79. The summed E-state index contributed by atoms with van der Waals surface area (Å²) in [5.74, 6) is -1.55. The second kappa shape index (κ2) is 13.9. The van der Waals surface area contributed by atoms with Crippen LogP contribution in [0.15, 0.2) is 48.5 Å². The average Bonchev–Trinajstić information content (AvgIpc) is 3.54. The molecule has 2 aliphatic heterocycles. The van der Waals surface area contributed by atoms with Crippen molar-refractivity contribution < 1.29 is 28.0 Å². The normalized spacial score (nSPS) is 21.6. The highest BCUT2D eigenvalue weighted by Crippen LogP contribution is 2.32. The largest absolute Gasteiger partial charge is 0.346 e. The first-order valence-electron chi connectivity index (χ1n) is 16.0. The maximum absolute atomic E-state index is 14.6. The summed E-state index contributed by atoms with van der Waals surface area (Å²) in [5, 5.41) is 11.9. The first-order chi connectivity index (χ1) is 22.6. The fraction of sp³-hybridized carbons (Fsp3) is 0.412. The molecule has 2 saturated heterocycles. The number of rotatable bonds is 10. The summed E-state index contributed by atoms with van der Waals surface area (Å²) >= 11 is 0. The molecule has 4 atom stereocenters. The van der Waals surface area contributed by atoms with Crippen molar-refractivity contribution in [3.8, 4) is 0 Å². The third-order valence-electron chi connectivity index (χ3n) is 8.68. The van der Waals surface area contributed by atoms with Crippen LogP contribution in [0.25, 0.3) is 17.0 Å². The molecular formula is C34H37F2N7O4. The standard InChI is InChI=1S/C34H37F2N7O4/c1-19(31-21(7-6-20-4-5-20)9-13-29(41-31)42-33(46)26-3-2-14-37-26)39-34(47)28-16-24(36)18-43(28)30(44)17-38-32(45)27-11-8-22-15-23(35)10-12-25(22)40-27/h6-13,15,19-20,24,26,28,37H,2-5,14,16-18H2,1H3,(H,38,45)(H,39,47)(H,41,42,46)/b7-6+/t19-,24-,26-,28?/m1/s1. The van der Waals surface area contributed by atoms with Gasteiger partial charge in [-0.1, -0.05) is 18.2 Å².